The molecule has 7 nitrogen and oxygen atoms in total. The van der Waals surface area contributed by atoms with Crippen LogP contribution in [0.5, 0.6) is 0 Å². The molecule has 0 aromatic heterocycles. The highest BCUT2D eigenvalue weighted by Gasteiger charge is 2.42. The van der Waals surface area contributed by atoms with Gasteiger partial charge in [-0.1, -0.05) is 0 Å². The monoisotopic (exact) mass is 248 g/mol. The van der Waals surface area contributed by atoms with E-state index in [4.69, 9.17) is 9.84 Å². The van der Waals surface area contributed by atoms with Gasteiger partial charge in [-0.2, -0.15) is 0 Å². The van der Waals surface area contributed by atoms with Crippen LogP contribution in [0.1, 0.15) is 6.42 Å². The van der Waals surface area contributed by atoms with Crippen molar-refractivity contribution in [1.29, 1.82) is 0 Å². The topological polar surface area (TPSA) is 99.1 Å². The summed E-state index contributed by atoms with van der Waals surface area (Å²) in [6, 6.07) is -0.750. The minimum absolute atomic E-state index is 0.0829. The van der Waals surface area contributed by atoms with E-state index in [1.54, 1.807) is 0 Å². The zero-order valence-corrected chi connectivity index (χ0v) is 8.88. The van der Waals surface area contributed by atoms with Crippen molar-refractivity contribution < 1.29 is 28.9 Å². The predicted octanol–water partition coefficient (Wildman–Crippen LogP) is -1.66. The van der Waals surface area contributed by atoms with Crippen LogP contribution < -0.4 is 5.32 Å². The summed E-state index contributed by atoms with van der Waals surface area (Å²) in [5, 5.41) is 20.2. The largest absolute Gasteiger partial charge is 0.394 e. The summed E-state index contributed by atoms with van der Waals surface area (Å²) in [5.41, 5.74) is 0. The second kappa shape index (κ2) is 4.55. The van der Waals surface area contributed by atoms with Crippen molar-refractivity contribution in [3.63, 3.8) is 0 Å². The van der Waals surface area contributed by atoms with Crippen molar-refractivity contribution in [3.05, 3.63) is 0 Å². The molecular formula is C9H13FN2O5. The number of hydrogen-bond donors (Lipinski definition) is 3. The molecule has 0 aromatic rings. The first kappa shape index (κ1) is 12.2. The number of urea groups is 1. The molecule has 3 amide bonds. The number of nitrogens with zero attached hydrogens (tertiary/aromatic N) is 1. The van der Waals surface area contributed by atoms with Crippen LogP contribution in [0.3, 0.4) is 0 Å². The number of hydrogen-bond acceptors (Lipinski definition) is 5. The number of halogens is 1. The van der Waals surface area contributed by atoms with Crippen molar-refractivity contribution in [2.75, 3.05) is 13.2 Å². The average molecular weight is 248 g/mol. The van der Waals surface area contributed by atoms with Crippen molar-refractivity contribution in [2.45, 2.75) is 31.0 Å². The van der Waals surface area contributed by atoms with Gasteiger partial charge in [-0.25, -0.2) is 9.18 Å². The van der Waals surface area contributed by atoms with Gasteiger partial charge < -0.3 is 14.9 Å². The van der Waals surface area contributed by atoms with Gasteiger partial charge in [0.1, 0.15) is 12.3 Å². The molecule has 0 aliphatic carbocycles. The number of nitrogens with one attached hydrogen (secondary N) is 1. The van der Waals surface area contributed by atoms with E-state index in [1.807, 2.05) is 5.32 Å². The Morgan fingerprint density at radius 2 is 2.24 bits per heavy atom. The van der Waals surface area contributed by atoms with E-state index in [-0.39, 0.29) is 13.0 Å². The molecule has 8 heteroatoms. The quantitative estimate of drug-likeness (QED) is 0.543. The highest BCUT2D eigenvalue weighted by Crippen LogP contribution is 2.24. The van der Waals surface area contributed by atoms with Gasteiger partial charge in [0.15, 0.2) is 6.17 Å². The molecule has 4 atom stereocenters. The number of alkyl halides is 1. The Labute approximate surface area is 96.1 Å². The molecule has 0 spiro atoms. The van der Waals surface area contributed by atoms with E-state index < -0.39 is 43.1 Å². The minimum atomic E-state index is -1.80. The third-order valence-electron chi connectivity index (χ3n) is 2.86. The standard InChI is InChI=1S/C9H13FN2O5/c10-4-2-12(9(16)11-8(4)15)7-1-5(14)6(3-13)17-7/h4-7,13-14H,1-3H2,(H,11,15,16)/t4?,5-,6?,7-/m1/s1. The summed E-state index contributed by atoms with van der Waals surface area (Å²) < 4.78 is 18.4. The molecule has 2 aliphatic rings. The average Bonchev–Trinajstić information content (AvgIpc) is 2.65. The Morgan fingerprint density at radius 3 is 2.82 bits per heavy atom. The first-order valence-electron chi connectivity index (χ1n) is 5.23. The van der Waals surface area contributed by atoms with E-state index in [0.29, 0.717) is 0 Å². The van der Waals surface area contributed by atoms with E-state index in [9.17, 15) is 19.1 Å². The molecule has 2 heterocycles. The SMILES string of the molecule is O=C1NC(=O)N([C@H]2C[C@@H](O)C(CO)O2)CC1F. The summed E-state index contributed by atoms with van der Waals surface area (Å²) in [6.45, 7) is -0.786. The lowest BCUT2D eigenvalue weighted by molar-refractivity contribution is -0.130. The van der Waals surface area contributed by atoms with Crippen LogP contribution >= 0.6 is 0 Å². The first-order chi connectivity index (χ1) is 8.02. The molecule has 2 saturated heterocycles. The van der Waals surface area contributed by atoms with Crippen LogP contribution in [0.25, 0.3) is 0 Å². The maximum absolute atomic E-state index is 13.2. The Balaban J connectivity index is 2.03. The lowest BCUT2D eigenvalue weighted by Crippen LogP contribution is -2.58. The number of carbonyl (C=O) groups excluding carboxylic acids is 2. The second-order valence-corrected chi connectivity index (χ2v) is 4.03. The number of aliphatic hydroxyl groups excluding tert-OH is 2. The molecule has 0 radical (unpaired) electrons. The van der Waals surface area contributed by atoms with Gasteiger partial charge in [0.05, 0.1) is 19.3 Å². The summed E-state index contributed by atoms with van der Waals surface area (Å²) in [7, 11) is 0. The Hall–Kier alpha value is -1.25. The van der Waals surface area contributed by atoms with Crippen LogP contribution in [0.2, 0.25) is 0 Å². The number of carbonyl (C=O) groups is 2. The van der Waals surface area contributed by atoms with E-state index in [0.717, 1.165) is 4.90 Å². The zero-order valence-electron chi connectivity index (χ0n) is 8.88. The molecule has 2 rings (SSSR count). The molecule has 17 heavy (non-hydrogen) atoms. The zero-order chi connectivity index (χ0) is 12.6. The lowest BCUT2D eigenvalue weighted by atomic mass is 10.1. The van der Waals surface area contributed by atoms with E-state index >= 15 is 0 Å². The van der Waals surface area contributed by atoms with Gasteiger partial charge in [-0.05, 0) is 0 Å². The molecule has 0 bridgehead atoms. The number of imide groups is 1. The summed E-state index contributed by atoms with van der Waals surface area (Å²) in [5.74, 6) is -0.969. The molecular weight excluding hydrogens is 235 g/mol. The maximum Gasteiger partial charge on any atom is 0.326 e. The summed E-state index contributed by atoms with van der Waals surface area (Å²) in [4.78, 5) is 23.3. The van der Waals surface area contributed by atoms with Crippen molar-refractivity contribution in [3.8, 4) is 0 Å². The van der Waals surface area contributed by atoms with Crippen molar-refractivity contribution >= 4 is 11.9 Å². The third-order valence-corrected chi connectivity index (χ3v) is 2.86. The van der Waals surface area contributed by atoms with Crippen LogP contribution in [0, 0.1) is 0 Å². The van der Waals surface area contributed by atoms with Gasteiger partial charge in [0.25, 0.3) is 5.91 Å². The fraction of sp³-hybridized carbons (Fsp3) is 0.778. The maximum atomic E-state index is 13.2. The van der Waals surface area contributed by atoms with E-state index in [1.165, 1.54) is 0 Å². The van der Waals surface area contributed by atoms with E-state index in [2.05, 4.69) is 0 Å². The van der Waals surface area contributed by atoms with Crippen LogP contribution in [-0.2, 0) is 9.53 Å². The molecule has 0 saturated carbocycles. The molecule has 2 unspecified atom stereocenters. The highest BCUT2D eigenvalue weighted by atomic mass is 19.1. The molecule has 2 aliphatic heterocycles. The predicted molar refractivity (Wildman–Crippen MR) is 51.5 cm³/mol. The van der Waals surface area contributed by atoms with Gasteiger partial charge in [-0.3, -0.25) is 15.0 Å². The lowest BCUT2D eigenvalue weighted by Gasteiger charge is -2.32. The highest BCUT2D eigenvalue weighted by molar-refractivity contribution is 5.99. The van der Waals surface area contributed by atoms with Gasteiger partial charge in [-0.15, -0.1) is 0 Å². The number of rotatable bonds is 2. The van der Waals surface area contributed by atoms with Crippen LogP contribution in [0.15, 0.2) is 0 Å². The third kappa shape index (κ3) is 2.24. The fourth-order valence-electron chi connectivity index (χ4n) is 1.91. The number of ether oxygens (including phenoxy) is 1. The smallest absolute Gasteiger partial charge is 0.326 e. The Bertz CT molecular complexity index is 339. The fourth-order valence-corrected chi connectivity index (χ4v) is 1.91. The number of aliphatic hydroxyl groups is 2. The first-order valence-corrected chi connectivity index (χ1v) is 5.23. The normalized spacial score (nSPS) is 38.4. The van der Waals surface area contributed by atoms with Crippen molar-refractivity contribution in [1.82, 2.24) is 10.2 Å². The molecule has 96 valence electrons. The Kier molecular flexibility index (Phi) is 3.27. The second-order valence-electron chi connectivity index (χ2n) is 4.03. The molecule has 0 aromatic carbocycles. The molecule has 2 fully saturated rings. The van der Waals surface area contributed by atoms with Crippen LogP contribution in [0.4, 0.5) is 9.18 Å². The molecule has 3 N–H and O–H groups in total. The van der Waals surface area contributed by atoms with Crippen LogP contribution in [-0.4, -0.2) is 64.8 Å². The Morgan fingerprint density at radius 1 is 1.53 bits per heavy atom. The van der Waals surface area contributed by atoms with Gasteiger partial charge in [0, 0.05) is 6.42 Å². The minimum Gasteiger partial charge on any atom is -0.394 e. The summed E-state index contributed by atoms with van der Waals surface area (Å²) in [6.07, 6.45) is -4.24. The van der Waals surface area contributed by atoms with Gasteiger partial charge in [0.2, 0.25) is 0 Å². The summed E-state index contributed by atoms with van der Waals surface area (Å²) >= 11 is 0. The van der Waals surface area contributed by atoms with Crippen molar-refractivity contribution in [2.24, 2.45) is 0 Å². The van der Waals surface area contributed by atoms with Gasteiger partial charge >= 0.3 is 6.03 Å². The number of amides is 3.